The number of thiophene rings is 1. The maximum absolute atomic E-state index is 2.29. The molecule has 1 heteroatoms. The Morgan fingerprint density at radius 3 is 2.09 bits per heavy atom. The van der Waals surface area contributed by atoms with E-state index in [1.54, 1.807) is 0 Å². The first-order chi connectivity index (χ1) is 11.4. The van der Waals surface area contributed by atoms with E-state index in [2.05, 4.69) is 91.0 Å². The summed E-state index contributed by atoms with van der Waals surface area (Å²) < 4.78 is 1.33. The third-order valence-electron chi connectivity index (χ3n) is 3.87. The lowest BCUT2D eigenvalue weighted by atomic mass is 10.1. The number of benzene rings is 3. The van der Waals surface area contributed by atoms with E-state index < -0.39 is 0 Å². The Bertz CT molecular complexity index is 947. The molecule has 1 aromatic heterocycles. The number of hydrogen-bond donors (Lipinski definition) is 0. The maximum atomic E-state index is 2.29. The molecule has 0 bridgehead atoms. The number of hydrogen-bond acceptors (Lipinski definition) is 1. The van der Waals surface area contributed by atoms with Crippen LogP contribution in [-0.4, -0.2) is 0 Å². The summed E-state index contributed by atoms with van der Waals surface area (Å²) in [6.07, 6.45) is 4.33. The van der Waals surface area contributed by atoms with Crippen LogP contribution in [0.1, 0.15) is 11.1 Å². The molecule has 0 nitrogen and oxygen atoms in total. The molecular formula is C22H16S. The molecule has 0 N–H and O–H groups in total. The topological polar surface area (TPSA) is 0 Å². The van der Waals surface area contributed by atoms with Crippen LogP contribution in [0.5, 0.6) is 0 Å². The zero-order chi connectivity index (χ0) is 15.5. The molecular weight excluding hydrogens is 296 g/mol. The molecule has 0 aliphatic rings. The molecule has 4 rings (SSSR count). The van der Waals surface area contributed by atoms with Gasteiger partial charge >= 0.3 is 0 Å². The van der Waals surface area contributed by atoms with Crippen molar-refractivity contribution < 1.29 is 0 Å². The average molecular weight is 312 g/mol. The van der Waals surface area contributed by atoms with Gasteiger partial charge in [-0.3, -0.25) is 0 Å². The van der Waals surface area contributed by atoms with Gasteiger partial charge in [-0.2, -0.15) is 0 Å². The first-order valence-corrected chi connectivity index (χ1v) is 8.52. The van der Waals surface area contributed by atoms with E-state index in [0.717, 1.165) is 0 Å². The minimum absolute atomic E-state index is 1.22. The standard InChI is InChI=1S/C22H16S/c1-3-7-17(8-4-1)11-12-18-13-14-21-20(15-18)16-22(23-21)19-9-5-2-6-10-19/h1-16H. The van der Waals surface area contributed by atoms with Crippen LogP contribution in [-0.2, 0) is 0 Å². The van der Waals surface area contributed by atoms with Gasteiger partial charge in [0.2, 0.25) is 0 Å². The van der Waals surface area contributed by atoms with Gasteiger partial charge < -0.3 is 0 Å². The predicted octanol–water partition coefficient (Wildman–Crippen LogP) is 6.74. The molecule has 0 fully saturated rings. The van der Waals surface area contributed by atoms with Crippen LogP contribution in [0.3, 0.4) is 0 Å². The summed E-state index contributed by atoms with van der Waals surface area (Å²) in [5.74, 6) is 0. The Hall–Kier alpha value is -2.64. The third-order valence-corrected chi connectivity index (χ3v) is 5.03. The quantitative estimate of drug-likeness (QED) is 0.367. The van der Waals surface area contributed by atoms with Gasteiger partial charge in [-0.25, -0.2) is 0 Å². The highest BCUT2D eigenvalue weighted by Gasteiger charge is 2.04. The van der Waals surface area contributed by atoms with Gasteiger partial charge in [0.1, 0.15) is 0 Å². The summed E-state index contributed by atoms with van der Waals surface area (Å²) in [5, 5.41) is 1.31. The molecule has 0 aliphatic carbocycles. The van der Waals surface area contributed by atoms with E-state index in [-0.39, 0.29) is 0 Å². The highest BCUT2D eigenvalue weighted by atomic mass is 32.1. The minimum atomic E-state index is 1.22. The molecule has 110 valence electrons. The lowest BCUT2D eigenvalue weighted by molar-refractivity contribution is 1.66. The summed E-state index contributed by atoms with van der Waals surface area (Å²) in [6.45, 7) is 0. The van der Waals surface area contributed by atoms with Crippen LogP contribution in [0.2, 0.25) is 0 Å². The fourth-order valence-electron chi connectivity index (χ4n) is 2.67. The van der Waals surface area contributed by atoms with Gasteiger partial charge in [0.25, 0.3) is 0 Å². The van der Waals surface area contributed by atoms with Crippen molar-refractivity contribution in [1.82, 2.24) is 0 Å². The number of fused-ring (bicyclic) bond motifs is 1. The summed E-state index contributed by atoms with van der Waals surface area (Å²) in [4.78, 5) is 1.32. The molecule has 0 saturated heterocycles. The second-order valence-electron chi connectivity index (χ2n) is 5.52. The van der Waals surface area contributed by atoms with Crippen LogP contribution >= 0.6 is 11.3 Å². The average Bonchev–Trinajstić information content (AvgIpc) is 3.05. The first kappa shape index (κ1) is 14.0. The van der Waals surface area contributed by atoms with Crippen molar-refractivity contribution in [3.63, 3.8) is 0 Å². The van der Waals surface area contributed by atoms with E-state index in [9.17, 15) is 0 Å². The molecule has 0 saturated carbocycles. The van der Waals surface area contributed by atoms with Gasteiger partial charge in [-0.05, 0) is 40.3 Å². The lowest BCUT2D eigenvalue weighted by Gasteiger charge is -1.95. The molecule has 4 aromatic rings. The smallest absolute Gasteiger partial charge is 0.0355 e. The maximum Gasteiger partial charge on any atom is 0.0355 e. The van der Waals surface area contributed by atoms with Crippen molar-refractivity contribution in [1.29, 1.82) is 0 Å². The SMILES string of the molecule is C(=Cc1ccc2sc(-c3ccccc3)cc2c1)c1ccccc1. The van der Waals surface area contributed by atoms with Crippen molar-refractivity contribution in [3.05, 3.63) is 96.1 Å². The van der Waals surface area contributed by atoms with Crippen LogP contribution in [0, 0.1) is 0 Å². The van der Waals surface area contributed by atoms with Crippen molar-refractivity contribution in [2.45, 2.75) is 0 Å². The van der Waals surface area contributed by atoms with Crippen LogP contribution in [0.25, 0.3) is 32.7 Å². The van der Waals surface area contributed by atoms with Gasteiger partial charge in [-0.1, -0.05) is 78.9 Å². The molecule has 23 heavy (non-hydrogen) atoms. The number of rotatable bonds is 3. The zero-order valence-electron chi connectivity index (χ0n) is 12.6. The Morgan fingerprint density at radius 2 is 1.30 bits per heavy atom. The molecule has 0 unspecified atom stereocenters. The molecule has 0 atom stereocenters. The highest BCUT2D eigenvalue weighted by Crippen LogP contribution is 2.34. The third kappa shape index (κ3) is 3.10. The second-order valence-corrected chi connectivity index (χ2v) is 6.60. The van der Waals surface area contributed by atoms with Crippen LogP contribution in [0.15, 0.2) is 84.9 Å². The monoisotopic (exact) mass is 312 g/mol. The molecule has 0 amide bonds. The van der Waals surface area contributed by atoms with Crippen molar-refractivity contribution in [2.75, 3.05) is 0 Å². The first-order valence-electron chi connectivity index (χ1n) is 7.71. The van der Waals surface area contributed by atoms with Crippen molar-refractivity contribution >= 4 is 33.6 Å². The summed E-state index contributed by atoms with van der Waals surface area (Å²) in [7, 11) is 0. The fraction of sp³-hybridized carbons (Fsp3) is 0. The zero-order valence-corrected chi connectivity index (χ0v) is 13.5. The van der Waals surface area contributed by atoms with Crippen molar-refractivity contribution in [2.24, 2.45) is 0 Å². The molecule has 1 heterocycles. The summed E-state index contributed by atoms with van der Waals surface area (Å²) in [5.41, 5.74) is 3.75. The lowest BCUT2D eigenvalue weighted by Crippen LogP contribution is -1.72. The van der Waals surface area contributed by atoms with Gasteiger partial charge in [0.05, 0.1) is 0 Å². The molecule has 0 radical (unpaired) electrons. The van der Waals surface area contributed by atoms with Gasteiger partial charge in [0, 0.05) is 9.58 Å². The normalized spacial score (nSPS) is 11.3. The van der Waals surface area contributed by atoms with Gasteiger partial charge in [0.15, 0.2) is 0 Å². The molecule has 0 aliphatic heterocycles. The summed E-state index contributed by atoms with van der Waals surface area (Å²) in [6, 6.07) is 29.9. The second kappa shape index (κ2) is 6.23. The highest BCUT2D eigenvalue weighted by molar-refractivity contribution is 7.22. The van der Waals surface area contributed by atoms with E-state index in [0.29, 0.717) is 0 Å². The van der Waals surface area contributed by atoms with Crippen molar-refractivity contribution in [3.8, 4) is 10.4 Å². The predicted molar refractivity (Wildman–Crippen MR) is 103 cm³/mol. The van der Waals surface area contributed by atoms with Crippen LogP contribution < -0.4 is 0 Å². The Balaban J connectivity index is 1.67. The van der Waals surface area contributed by atoms with E-state index >= 15 is 0 Å². The van der Waals surface area contributed by atoms with Gasteiger partial charge in [-0.15, -0.1) is 11.3 Å². The van der Waals surface area contributed by atoms with E-state index in [4.69, 9.17) is 0 Å². The molecule has 0 spiro atoms. The largest absolute Gasteiger partial charge is 0.135 e. The fourth-order valence-corrected chi connectivity index (χ4v) is 3.72. The minimum Gasteiger partial charge on any atom is -0.135 e. The Morgan fingerprint density at radius 1 is 0.609 bits per heavy atom. The van der Waals surface area contributed by atoms with Crippen LogP contribution in [0.4, 0.5) is 0 Å². The summed E-state index contributed by atoms with van der Waals surface area (Å²) >= 11 is 1.85. The Kier molecular flexibility index (Phi) is 3.79. The van der Waals surface area contributed by atoms with E-state index in [1.165, 1.54) is 31.7 Å². The molecule has 3 aromatic carbocycles. The van der Waals surface area contributed by atoms with E-state index in [1.807, 2.05) is 17.4 Å². The Labute approximate surface area is 140 Å².